The minimum absolute atomic E-state index is 0.419. The van der Waals surface area contributed by atoms with E-state index in [0.29, 0.717) is 17.4 Å². The average molecular weight is 293 g/mol. The lowest BCUT2D eigenvalue weighted by Gasteiger charge is -2.14. The summed E-state index contributed by atoms with van der Waals surface area (Å²) in [5.74, 6) is 0.674. The summed E-state index contributed by atoms with van der Waals surface area (Å²) < 4.78 is 5.64. The van der Waals surface area contributed by atoms with Crippen LogP contribution in [0.2, 0.25) is 5.02 Å². The molecule has 0 amide bonds. The fourth-order valence-electron chi connectivity index (χ4n) is 1.52. The number of rotatable bonds is 4. The standard InChI is InChI=1S/C14H15ClN2O.C2H6/c1-17(2)12-6-7-14(13(15)9-12)18-10-11-5-3-4-8-16-11;1-2/h3-9H,10H2,1-2H3;1-2H3. The second-order valence-electron chi connectivity index (χ2n) is 4.12. The lowest BCUT2D eigenvalue weighted by molar-refractivity contribution is 0.301. The second kappa shape index (κ2) is 8.43. The van der Waals surface area contributed by atoms with Crippen LogP contribution in [0.4, 0.5) is 5.69 Å². The van der Waals surface area contributed by atoms with E-state index < -0.39 is 0 Å². The summed E-state index contributed by atoms with van der Waals surface area (Å²) in [6, 6.07) is 11.5. The third kappa shape index (κ3) is 4.74. The van der Waals surface area contributed by atoms with Crippen molar-refractivity contribution in [3.8, 4) is 5.75 Å². The molecule has 0 bridgehead atoms. The van der Waals surface area contributed by atoms with Crippen molar-refractivity contribution in [2.24, 2.45) is 0 Å². The van der Waals surface area contributed by atoms with Crippen LogP contribution in [0.25, 0.3) is 0 Å². The molecule has 0 aliphatic rings. The fourth-order valence-corrected chi connectivity index (χ4v) is 1.75. The Morgan fingerprint density at radius 2 is 1.90 bits per heavy atom. The maximum absolute atomic E-state index is 6.17. The Morgan fingerprint density at radius 3 is 2.45 bits per heavy atom. The molecule has 0 saturated heterocycles. The van der Waals surface area contributed by atoms with Gasteiger partial charge in [-0.25, -0.2) is 0 Å². The van der Waals surface area contributed by atoms with E-state index in [2.05, 4.69) is 4.98 Å². The summed E-state index contributed by atoms with van der Waals surface area (Å²) in [6.45, 7) is 4.42. The van der Waals surface area contributed by atoms with Gasteiger partial charge in [-0.3, -0.25) is 4.98 Å². The Labute approximate surface area is 126 Å². The van der Waals surface area contributed by atoms with Gasteiger partial charge in [0.15, 0.2) is 0 Å². The average Bonchev–Trinajstić information content (AvgIpc) is 2.49. The third-order valence-corrected chi connectivity index (χ3v) is 2.83. The highest BCUT2D eigenvalue weighted by atomic mass is 35.5. The number of nitrogens with zero attached hydrogens (tertiary/aromatic N) is 2. The molecule has 0 aliphatic carbocycles. The molecule has 0 N–H and O–H groups in total. The first-order chi connectivity index (χ1) is 9.66. The highest BCUT2D eigenvalue weighted by Crippen LogP contribution is 2.29. The molecule has 0 unspecified atom stereocenters. The molecule has 108 valence electrons. The zero-order chi connectivity index (χ0) is 15.0. The van der Waals surface area contributed by atoms with Gasteiger partial charge in [0.2, 0.25) is 0 Å². The topological polar surface area (TPSA) is 25.4 Å². The minimum atomic E-state index is 0.419. The number of ether oxygens (including phenoxy) is 1. The van der Waals surface area contributed by atoms with Crippen molar-refractivity contribution >= 4 is 17.3 Å². The van der Waals surface area contributed by atoms with E-state index in [1.165, 1.54) is 0 Å². The van der Waals surface area contributed by atoms with Gasteiger partial charge in [0.05, 0.1) is 10.7 Å². The monoisotopic (exact) mass is 292 g/mol. The van der Waals surface area contributed by atoms with Crippen LogP contribution in [0.5, 0.6) is 5.75 Å². The maximum atomic E-state index is 6.17. The molecule has 4 heteroatoms. The van der Waals surface area contributed by atoms with Gasteiger partial charge >= 0.3 is 0 Å². The molecule has 1 aromatic heterocycles. The Morgan fingerprint density at radius 1 is 1.15 bits per heavy atom. The number of anilines is 1. The molecule has 3 nitrogen and oxygen atoms in total. The van der Waals surface area contributed by atoms with Crippen molar-refractivity contribution in [3.05, 3.63) is 53.3 Å². The van der Waals surface area contributed by atoms with Gasteiger partial charge in [-0.1, -0.05) is 31.5 Å². The Kier molecular flexibility index (Phi) is 6.88. The lowest BCUT2D eigenvalue weighted by Crippen LogP contribution is -2.08. The van der Waals surface area contributed by atoms with E-state index in [0.717, 1.165) is 11.4 Å². The van der Waals surface area contributed by atoms with E-state index >= 15 is 0 Å². The van der Waals surface area contributed by atoms with Crippen LogP contribution < -0.4 is 9.64 Å². The van der Waals surface area contributed by atoms with Crippen molar-refractivity contribution in [1.29, 1.82) is 0 Å². The number of pyridine rings is 1. The summed E-state index contributed by atoms with van der Waals surface area (Å²) in [7, 11) is 3.94. The molecular weight excluding hydrogens is 272 g/mol. The normalized spacial score (nSPS) is 9.45. The number of aromatic nitrogens is 1. The van der Waals surface area contributed by atoms with Crippen LogP contribution >= 0.6 is 11.6 Å². The minimum Gasteiger partial charge on any atom is -0.486 e. The second-order valence-corrected chi connectivity index (χ2v) is 4.53. The number of hydrogen-bond acceptors (Lipinski definition) is 3. The van der Waals surface area contributed by atoms with E-state index in [9.17, 15) is 0 Å². The third-order valence-electron chi connectivity index (χ3n) is 2.53. The van der Waals surface area contributed by atoms with E-state index in [4.69, 9.17) is 16.3 Å². The molecule has 0 radical (unpaired) electrons. The van der Waals surface area contributed by atoms with Crippen molar-refractivity contribution in [1.82, 2.24) is 4.98 Å². The van der Waals surface area contributed by atoms with Crippen molar-refractivity contribution in [2.75, 3.05) is 19.0 Å². The molecule has 2 aromatic rings. The van der Waals surface area contributed by atoms with Crippen LogP contribution in [0.3, 0.4) is 0 Å². The lowest BCUT2D eigenvalue weighted by atomic mass is 10.3. The predicted molar refractivity (Wildman–Crippen MR) is 85.7 cm³/mol. The number of benzene rings is 1. The largest absolute Gasteiger partial charge is 0.486 e. The van der Waals surface area contributed by atoms with E-state index in [1.54, 1.807) is 6.20 Å². The first-order valence-corrected chi connectivity index (χ1v) is 7.04. The van der Waals surface area contributed by atoms with E-state index in [1.807, 2.05) is 69.2 Å². The highest BCUT2D eigenvalue weighted by molar-refractivity contribution is 6.32. The molecule has 2 rings (SSSR count). The smallest absolute Gasteiger partial charge is 0.138 e. The number of hydrogen-bond donors (Lipinski definition) is 0. The van der Waals surface area contributed by atoms with Crippen LogP contribution in [-0.2, 0) is 6.61 Å². The first-order valence-electron chi connectivity index (χ1n) is 6.66. The highest BCUT2D eigenvalue weighted by Gasteiger charge is 2.05. The van der Waals surface area contributed by atoms with Gasteiger partial charge in [-0.05, 0) is 30.3 Å². The van der Waals surface area contributed by atoms with E-state index in [-0.39, 0.29) is 0 Å². The van der Waals surface area contributed by atoms with Crippen LogP contribution in [-0.4, -0.2) is 19.1 Å². The summed E-state index contributed by atoms with van der Waals surface area (Å²) in [4.78, 5) is 6.19. The van der Waals surface area contributed by atoms with Crippen molar-refractivity contribution in [3.63, 3.8) is 0 Å². The molecule has 1 heterocycles. The summed E-state index contributed by atoms with van der Waals surface area (Å²) in [6.07, 6.45) is 1.75. The molecule has 0 saturated carbocycles. The van der Waals surface area contributed by atoms with Crippen molar-refractivity contribution in [2.45, 2.75) is 20.5 Å². The Hall–Kier alpha value is -1.74. The quantitative estimate of drug-likeness (QED) is 0.835. The summed E-state index contributed by atoms with van der Waals surface area (Å²) >= 11 is 6.17. The zero-order valence-electron chi connectivity index (χ0n) is 12.4. The summed E-state index contributed by atoms with van der Waals surface area (Å²) in [5.41, 5.74) is 1.93. The maximum Gasteiger partial charge on any atom is 0.138 e. The summed E-state index contributed by atoms with van der Waals surface area (Å²) in [5, 5.41) is 0.608. The fraction of sp³-hybridized carbons (Fsp3) is 0.312. The molecule has 0 fully saturated rings. The van der Waals surface area contributed by atoms with Gasteiger partial charge in [-0.2, -0.15) is 0 Å². The van der Waals surface area contributed by atoms with Gasteiger partial charge < -0.3 is 9.64 Å². The van der Waals surface area contributed by atoms with Gasteiger partial charge in [-0.15, -0.1) is 0 Å². The predicted octanol–water partition coefficient (Wildman–Crippen LogP) is 4.41. The van der Waals surface area contributed by atoms with Crippen LogP contribution in [0, 0.1) is 0 Å². The first kappa shape index (κ1) is 16.3. The molecule has 20 heavy (non-hydrogen) atoms. The molecule has 0 aliphatic heterocycles. The van der Waals surface area contributed by atoms with Gasteiger partial charge in [0.25, 0.3) is 0 Å². The number of halogens is 1. The van der Waals surface area contributed by atoms with Crippen molar-refractivity contribution < 1.29 is 4.74 Å². The van der Waals surface area contributed by atoms with Crippen LogP contribution in [0.1, 0.15) is 19.5 Å². The molecule has 1 aromatic carbocycles. The molecule has 0 atom stereocenters. The Balaban J connectivity index is 0.000000956. The molecule has 0 spiro atoms. The molecular formula is C16H21ClN2O. The van der Waals surface area contributed by atoms with Gasteiger partial charge in [0, 0.05) is 26.0 Å². The van der Waals surface area contributed by atoms with Crippen LogP contribution in [0.15, 0.2) is 42.6 Å². The Bertz CT molecular complexity index is 515. The zero-order valence-corrected chi connectivity index (χ0v) is 13.2. The van der Waals surface area contributed by atoms with Gasteiger partial charge in [0.1, 0.15) is 12.4 Å². The SMILES string of the molecule is CC.CN(C)c1ccc(OCc2ccccn2)c(Cl)c1.